The molecule has 2 rings (SSSR count). The fraction of sp³-hybridized carbons (Fsp3) is 0.667. The van der Waals surface area contributed by atoms with Gasteiger partial charge in [0.1, 0.15) is 5.00 Å². The largest absolute Gasteiger partial charge is 0.382 e. The van der Waals surface area contributed by atoms with E-state index in [9.17, 15) is 0 Å². The van der Waals surface area contributed by atoms with Crippen LogP contribution in [-0.2, 0) is 4.74 Å². The van der Waals surface area contributed by atoms with E-state index in [2.05, 4.69) is 9.69 Å². The molecule has 1 unspecified atom stereocenters. The summed E-state index contributed by atoms with van der Waals surface area (Å²) in [6, 6.07) is 0.407. The molecular formula is C9H15N3OS2. The molecule has 6 heteroatoms. The molecule has 4 nitrogen and oxygen atoms in total. The standard InChI is InChI=1S/C9H15N3OS2/c1-14-7-8(10)12-15-9(7)11-6-3-2-4-13-5-6/h6,11H,2-5H2,1H3,(H2,10,12). The topological polar surface area (TPSA) is 60.2 Å². The van der Waals surface area contributed by atoms with Gasteiger partial charge in [0.2, 0.25) is 0 Å². The second kappa shape index (κ2) is 5.05. The van der Waals surface area contributed by atoms with E-state index in [1.165, 1.54) is 11.5 Å². The maximum Gasteiger partial charge on any atom is 0.153 e. The Morgan fingerprint density at radius 1 is 1.67 bits per heavy atom. The van der Waals surface area contributed by atoms with Gasteiger partial charge in [0.15, 0.2) is 5.82 Å². The molecule has 1 aliphatic heterocycles. The third-order valence-corrected chi connectivity index (χ3v) is 4.12. The van der Waals surface area contributed by atoms with E-state index in [0.29, 0.717) is 11.9 Å². The Morgan fingerprint density at radius 2 is 2.53 bits per heavy atom. The van der Waals surface area contributed by atoms with Gasteiger partial charge >= 0.3 is 0 Å². The van der Waals surface area contributed by atoms with Crippen molar-refractivity contribution in [1.82, 2.24) is 4.37 Å². The molecule has 0 bridgehead atoms. The Bertz CT molecular complexity index is 323. The summed E-state index contributed by atoms with van der Waals surface area (Å²) in [4.78, 5) is 1.06. The number of nitrogens with two attached hydrogens (primary N) is 1. The Kier molecular flexibility index (Phi) is 3.71. The summed E-state index contributed by atoms with van der Waals surface area (Å²) in [5.41, 5.74) is 5.76. The molecule has 0 aliphatic carbocycles. The summed E-state index contributed by atoms with van der Waals surface area (Å²) < 4.78 is 9.57. The molecule has 1 atom stereocenters. The Balaban J connectivity index is 2.02. The van der Waals surface area contributed by atoms with E-state index >= 15 is 0 Å². The number of thioether (sulfide) groups is 1. The van der Waals surface area contributed by atoms with Crippen LogP contribution in [0.2, 0.25) is 0 Å². The first-order valence-electron chi connectivity index (χ1n) is 4.94. The molecule has 0 aromatic carbocycles. The number of hydrogen-bond donors (Lipinski definition) is 2. The Morgan fingerprint density at radius 3 is 3.20 bits per heavy atom. The van der Waals surface area contributed by atoms with Crippen LogP contribution in [0.1, 0.15) is 12.8 Å². The second-order valence-corrected chi connectivity index (χ2v) is 5.08. The van der Waals surface area contributed by atoms with Gasteiger partial charge in [-0.25, -0.2) is 0 Å². The number of aromatic nitrogens is 1. The lowest BCUT2D eigenvalue weighted by atomic mass is 10.1. The number of nitrogens with zero attached hydrogens (tertiary/aromatic N) is 1. The number of nitrogen functional groups attached to an aromatic ring is 1. The maximum absolute atomic E-state index is 5.76. The van der Waals surface area contributed by atoms with Crippen LogP contribution in [0.3, 0.4) is 0 Å². The zero-order valence-electron chi connectivity index (χ0n) is 8.66. The van der Waals surface area contributed by atoms with Crippen molar-refractivity contribution in [3.05, 3.63) is 0 Å². The van der Waals surface area contributed by atoms with Crippen molar-refractivity contribution in [1.29, 1.82) is 0 Å². The normalized spacial score (nSPS) is 21.5. The highest BCUT2D eigenvalue weighted by molar-refractivity contribution is 7.99. The maximum atomic E-state index is 5.76. The number of hydrogen-bond acceptors (Lipinski definition) is 6. The SMILES string of the molecule is CSc1c(N)nsc1NC1CCCOC1. The van der Waals surface area contributed by atoms with Gasteiger partial charge in [-0.3, -0.25) is 0 Å². The van der Waals surface area contributed by atoms with Crippen LogP contribution in [0.15, 0.2) is 4.90 Å². The number of anilines is 2. The van der Waals surface area contributed by atoms with Gasteiger partial charge in [-0.05, 0) is 30.6 Å². The van der Waals surface area contributed by atoms with E-state index in [4.69, 9.17) is 10.5 Å². The van der Waals surface area contributed by atoms with Gasteiger partial charge in [0.05, 0.1) is 17.5 Å². The smallest absolute Gasteiger partial charge is 0.153 e. The molecule has 1 saturated heterocycles. The zero-order valence-corrected chi connectivity index (χ0v) is 10.3. The van der Waals surface area contributed by atoms with Crippen molar-refractivity contribution >= 4 is 34.1 Å². The fourth-order valence-corrected chi connectivity index (χ4v) is 3.23. The van der Waals surface area contributed by atoms with E-state index in [1.54, 1.807) is 11.8 Å². The third-order valence-electron chi connectivity index (χ3n) is 2.37. The quantitative estimate of drug-likeness (QED) is 0.798. The first kappa shape index (κ1) is 11.0. The van der Waals surface area contributed by atoms with Crippen LogP contribution in [0.5, 0.6) is 0 Å². The molecule has 0 saturated carbocycles. The van der Waals surface area contributed by atoms with Gasteiger partial charge in [-0.2, -0.15) is 4.37 Å². The van der Waals surface area contributed by atoms with Crippen molar-refractivity contribution in [2.75, 3.05) is 30.5 Å². The van der Waals surface area contributed by atoms with Crippen LogP contribution in [0.4, 0.5) is 10.8 Å². The highest BCUT2D eigenvalue weighted by atomic mass is 32.2. The van der Waals surface area contributed by atoms with Crippen molar-refractivity contribution in [2.45, 2.75) is 23.8 Å². The number of ether oxygens (including phenoxy) is 1. The number of nitrogens with one attached hydrogen (secondary N) is 1. The Labute approximate surface area is 97.7 Å². The molecule has 0 radical (unpaired) electrons. The summed E-state index contributed by atoms with van der Waals surface area (Å²) in [7, 11) is 0. The highest BCUT2D eigenvalue weighted by Gasteiger charge is 2.17. The van der Waals surface area contributed by atoms with Crippen LogP contribution >= 0.6 is 23.3 Å². The molecule has 0 spiro atoms. The van der Waals surface area contributed by atoms with E-state index in [1.807, 2.05) is 6.26 Å². The zero-order chi connectivity index (χ0) is 10.7. The van der Waals surface area contributed by atoms with Crippen molar-refractivity contribution < 1.29 is 4.74 Å². The molecule has 1 aromatic heterocycles. The first-order valence-corrected chi connectivity index (χ1v) is 6.94. The molecule has 15 heavy (non-hydrogen) atoms. The lowest BCUT2D eigenvalue weighted by Gasteiger charge is -2.23. The van der Waals surface area contributed by atoms with E-state index in [-0.39, 0.29) is 0 Å². The minimum atomic E-state index is 0.407. The van der Waals surface area contributed by atoms with Gasteiger partial charge in [0.25, 0.3) is 0 Å². The number of rotatable bonds is 3. The molecule has 1 aliphatic rings. The van der Waals surface area contributed by atoms with Gasteiger partial charge in [0, 0.05) is 6.61 Å². The first-order chi connectivity index (χ1) is 7.31. The molecule has 0 amide bonds. The van der Waals surface area contributed by atoms with Crippen molar-refractivity contribution in [3.63, 3.8) is 0 Å². The monoisotopic (exact) mass is 245 g/mol. The minimum absolute atomic E-state index is 0.407. The van der Waals surface area contributed by atoms with Crippen LogP contribution in [0, 0.1) is 0 Å². The minimum Gasteiger partial charge on any atom is -0.382 e. The summed E-state index contributed by atoms with van der Waals surface area (Å²) in [5.74, 6) is 0.631. The molecule has 1 aromatic rings. The lowest BCUT2D eigenvalue weighted by molar-refractivity contribution is 0.0876. The summed E-state index contributed by atoms with van der Waals surface area (Å²) >= 11 is 3.07. The summed E-state index contributed by atoms with van der Waals surface area (Å²) in [6.07, 6.45) is 4.30. The predicted octanol–water partition coefficient (Wildman–Crippen LogP) is 2.04. The fourth-order valence-electron chi connectivity index (χ4n) is 1.62. The average Bonchev–Trinajstić information content (AvgIpc) is 2.61. The van der Waals surface area contributed by atoms with Crippen LogP contribution in [0.25, 0.3) is 0 Å². The second-order valence-electron chi connectivity index (χ2n) is 3.49. The Hall–Kier alpha value is -0.460. The van der Waals surface area contributed by atoms with Gasteiger partial charge < -0.3 is 15.8 Å². The van der Waals surface area contributed by atoms with Crippen LogP contribution in [-0.4, -0.2) is 29.9 Å². The van der Waals surface area contributed by atoms with E-state index < -0.39 is 0 Å². The van der Waals surface area contributed by atoms with Crippen molar-refractivity contribution in [2.24, 2.45) is 0 Å². The molecule has 2 heterocycles. The lowest BCUT2D eigenvalue weighted by Crippen LogP contribution is -2.29. The highest BCUT2D eigenvalue weighted by Crippen LogP contribution is 2.35. The summed E-state index contributed by atoms with van der Waals surface area (Å²) in [5, 5.41) is 4.53. The van der Waals surface area contributed by atoms with Crippen LogP contribution < -0.4 is 11.1 Å². The van der Waals surface area contributed by atoms with Gasteiger partial charge in [-0.15, -0.1) is 11.8 Å². The molecule has 84 valence electrons. The van der Waals surface area contributed by atoms with Gasteiger partial charge in [-0.1, -0.05) is 0 Å². The van der Waals surface area contributed by atoms with Crippen molar-refractivity contribution in [3.8, 4) is 0 Å². The molecule has 3 N–H and O–H groups in total. The summed E-state index contributed by atoms with van der Waals surface area (Å²) in [6.45, 7) is 1.67. The average molecular weight is 245 g/mol. The predicted molar refractivity (Wildman–Crippen MR) is 65.8 cm³/mol. The third kappa shape index (κ3) is 2.56. The molecule has 1 fully saturated rings. The van der Waals surface area contributed by atoms with E-state index in [0.717, 1.165) is 36.0 Å². The molecular weight excluding hydrogens is 230 g/mol.